The van der Waals surface area contributed by atoms with Gasteiger partial charge in [-0.3, -0.25) is 9.69 Å². The van der Waals surface area contributed by atoms with E-state index in [1.807, 2.05) is 10.7 Å². The minimum Gasteiger partial charge on any atom is -0.376 e. The molecule has 2 aromatic heterocycles. The van der Waals surface area contributed by atoms with Crippen LogP contribution in [0.3, 0.4) is 0 Å². The molecule has 5 rings (SSSR count). The van der Waals surface area contributed by atoms with Crippen LogP contribution in [0.25, 0.3) is 10.9 Å². The van der Waals surface area contributed by atoms with Crippen molar-refractivity contribution in [3.05, 3.63) is 51.6 Å². The second-order valence-electron chi connectivity index (χ2n) is 9.79. The summed E-state index contributed by atoms with van der Waals surface area (Å²) in [5.74, 6) is 0.885. The average Bonchev–Trinajstić information content (AvgIpc) is 3.63. The Labute approximate surface area is 200 Å². The Morgan fingerprint density at radius 1 is 1.18 bits per heavy atom. The summed E-state index contributed by atoms with van der Waals surface area (Å²) in [5, 5.41) is 13.9. The zero-order valence-corrected chi connectivity index (χ0v) is 20.4. The molecule has 1 saturated heterocycles. The van der Waals surface area contributed by atoms with Gasteiger partial charge in [0.25, 0.3) is 5.56 Å². The molecule has 2 aliphatic rings. The highest BCUT2D eigenvalue weighted by Gasteiger charge is 2.33. The van der Waals surface area contributed by atoms with E-state index in [4.69, 9.17) is 4.74 Å². The third-order valence-corrected chi connectivity index (χ3v) is 7.59. The molecule has 34 heavy (non-hydrogen) atoms. The highest BCUT2D eigenvalue weighted by Crippen LogP contribution is 2.34. The summed E-state index contributed by atoms with van der Waals surface area (Å²) in [6, 6.07) is 8.85. The van der Waals surface area contributed by atoms with Crippen molar-refractivity contribution < 1.29 is 4.74 Å². The van der Waals surface area contributed by atoms with Crippen molar-refractivity contribution in [1.29, 1.82) is 0 Å². The van der Waals surface area contributed by atoms with Gasteiger partial charge in [0.05, 0.1) is 18.7 Å². The van der Waals surface area contributed by atoms with Gasteiger partial charge in [-0.15, -0.1) is 5.10 Å². The predicted molar refractivity (Wildman–Crippen MR) is 132 cm³/mol. The van der Waals surface area contributed by atoms with E-state index >= 15 is 0 Å². The van der Waals surface area contributed by atoms with Gasteiger partial charge in [0.15, 0.2) is 5.82 Å². The monoisotopic (exact) mass is 464 g/mol. The molecule has 1 aromatic carbocycles. The van der Waals surface area contributed by atoms with Gasteiger partial charge in [0, 0.05) is 30.3 Å². The van der Waals surface area contributed by atoms with Crippen LogP contribution in [0.5, 0.6) is 0 Å². The third-order valence-electron chi connectivity index (χ3n) is 7.59. The highest BCUT2D eigenvalue weighted by molar-refractivity contribution is 5.79. The molecule has 2 fully saturated rings. The van der Waals surface area contributed by atoms with E-state index in [1.54, 1.807) is 0 Å². The molecule has 1 aliphatic carbocycles. The van der Waals surface area contributed by atoms with E-state index in [0.717, 1.165) is 67.4 Å². The van der Waals surface area contributed by atoms with E-state index in [9.17, 15) is 4.79 Å². The number of tetrazole rings is 1. The number of H-pyrrole nitrogens is 1. The molecule has 0 unspecified atom stereocenters. The molecule has 0 bridgehead atoms. The van der Waals surface area contributed by atoms with Gasteiger partial charge >= 0.3 is 0 Å². The fraction of sp³-hybridized carbons (Fsp3) is 0.615. The van der Waals surface area contributed by atoms with Gasteiger partial charge in [0.2, 0.25) is 0 Å². The lowest BCUT2D eigenvalue weighted by atomic mass is 10.0. The number of hydrogen-bond acceptors (Lipinski definition) is 6. The standard InChI is InChI=1S/C26H36N6O2/c1-3-18-11-12-23-19(14-18)15-20(26(33)27-23)16-31(21-8-5-6-9-21)24(4-2)25-28-29-30-32(25)17-22-10-7-13-34-22/h11-12,14-15,21-22,24H,3-10,13,16-17H2,1-2H3,(H,27,33)/t22-,24-/m0/s1. The van der Waals surface area contributed by atoms with Crippen molar-refractivity contribution >= 4 is 10.9 Å². The number of nitrogens with one attached hydrogen (secondary N) is 1. The largest absolute Gasteiger partial charge is 0.376 e. The molecule has 1 saturated carbocycles. The van der Waals surface area contributed by atoms with Gasteiger partial charge < -0.3 is 9.72 Å². The minimum absolute atomic E-state index is 0.00598. The first kappa shape index (κ1) is 23.2. The Morgan fingerprint density at radius 2 is 2.03 bits per heavy atom. The lowest BCUT2D eigenvalue weighted by molar-refractivity contribution is 0.0839. The van der Waals surface area contributed by atoms with Crippen LogP contribution in [0.4, 0.5) is 0 Å². The van der Waals surface area contributed by atoms with Crippen LogP contribution < -0.4 is 5.56 Å². The van der Waals surface area contributed by atoms with Crippen LogP contribution in [0.15, 0.2) is 29.1 Å². The molecule has 0 radical (unpaired) electrons. The van der Waals surface area contributed by atoms with Crippen LogP contribution in [0.2, 0.25) is 0 Å². The molecular weight excluding hydrogens is 428 g/mol. The Morgan fingerprint density at radius 3 is 2.76 bits per heavy atom. The molecule has 1 aliphatic heterocycles. The molecule has 8 heteroatoms. The lowest BCUT2D eigenvalue weighted by Crippen LogP contribution is -2.39. The number of nitrogens with zero attached hydrogens (tertiary/aromatic N) is 5. The number of aromatic amines is 1. The number of rotatable bonds is 9. The quantitative estimate of drug-likeness (QED) is 0.512. The maximum Gasteiger partial charge on any atom is 0.252 e. The number of fused-ring (bicyclic) bond motifs is 1. The van der Waals surface area contributed by atoms with E-state index in [1.165, 1.54) is 18.4 Å². The second-order valence-corrected chi connectivity index (χ2v) is 9.79. The second kappa shape index (κ2) is 10.4. The van der Waals surface area contributed by atoms with E-state index in [0.29, 0.717) is 19.1 Å². The first-order chi connectivity index (χ1) is 16.7. The molecule has 2 atom stereocenters. The predicted octanol–water partition coefficient (Wildman–Crippen LogP) is 4.15. The number of aromatic nitrogens is 5. The van der Waals surface area contributed by atoms with E-state index in [2.05, 4.69) is 57.5 Å². The van der Waals surface area contributed by atoms with Crippen molar-refractivity contribution in [3.63, 3.8) is 0 Å². The van der Waals surface area contributed by atoms with Crippen LogP contribution in [-0.4, -0.2) is 48.8 Å². The number of aryl methyl sites for hydroxylation is 1. The number of pyridine rings is 1. The lowest BCUT2D eigenvalue weighted by Gasteiger charge is -2.35. The normalized spacial score (nSPS) is 20.0. The molecule has 182 valence electrons. The summed E-state index contributed by atoms with van der Waals surface area (Å²) in [6.07, 6.45) is 8.93. The third kappa shape index (κ3) is 4.79. The Balaban J connectivity index is 1.48. The van der Waals surface area contributed by atoms with Gasteiger partial charge in [-0.05, 0) is 78.1 Å². The van der Waals surface area contributed by atoms with Gasteiger partial charge in [-0.25, -0.2) is 4.68 Å². The number of benzene rings is 1. The zero-order chi connectivity index (χ0) is 23.5. The number of hydrogen-bond donors (Lipinski definition) is 1. The molecule has 1 N–H and O–H groups in total. The Bertz CT molecular complexity index is 1160. The SMILES string of the molecule is CCc1ccc2[nH]c(=O)c(CN(C3CCCC3)[C@@H](CC)c3nnnn3C[C@@H]3CCCO3)cc2c1. The smallest absolute Gasteiger partial charge is 0.252 e. The maximum absolute atomic E-state index is 13.1. The van der Waals surface area contributed by atoms with Crippen molar-refractivity contribution in [3.8, 4) is 0 Å². The first-order valence-corrected chi connectivity index (χ1v) is 12.9. The maximum atomic E-state index is 13.1. The summed E-state index contributed by atoms with van der Waals surface area (Å²) in [4.78, 5) is 18.7. The molecule has 0 amide bonds. The van der Waals surface area contributed by atoms with Gasteiger partial charge in [-0.2, -0.15) is 0 Å². The molecule has 8 nitrogen and oxygen atoms in total. The van der Waals surface area contributed by atoms with Crippen LogP contribution >= 0.6 is 0 Å². The van der Waals surface area contributed by atoms with Crippen molar-refractivity contribution in [1.82, 2.24) is 30.1 Å². The van der Waals surface area contributed by atoms with Gasteiger partial charge in [0.1, 0.15) is 0 Å². The number of ether oxygens (including phenoxy) is 1. The average molecular weight is 465 g/mol. The first-order valence-electron chi connectivity index (χ1n) is 12.9. The Hall–Kier alpha value is -2.58. The van der Waals surface area contributed by atoms with Crippen LogP contribution in [-0.2, 0) is 24.2 Å². The summed E-state index contributed by atoms with van der Waals surface area (Å²) in [6.45, 7) is 6.45. The van der Waals surface area contributed by atoms with Crippen LogP contribution in [0.1, 0.15) is 81.8 Å². The van der Waals surface area contributed by atoms with E-state index < -0.39 is 0 Å². The van der Waals surface area contributed by atoms with E-state index in [-0.39, 0.29) is 17.7 Å². The topological polar surface area (TPSA) is 88.9 Å². The van der Waals surface area contributed by atoms with Crippen molar-refractivity contribution in [2.75, 3.05) is 6.61 Å². The fourth-order valence-corrected chi connectivity index (χ4v) is 5.69. The summed E-state index contributed by atoms with van der Waals surface area (Å²) < 4.78 is 7.79. The minimum atomic E-state index is -0.00598. The van der Waals surface area contributed by atoms with Crippen molar-refractivity contribution in [2.24, 2.45) is 0 Å². The fourth-order valence-electron chi connectivity index (χ4n) is 5.69. The Kier molecular flexibility index (Phi) is 7.06. The molecular formula is C26H36N6O2. The van der Waals surface area contributed by atoms with Crippen molar-refractivity contribution in [2.45, 2.75) is 96.5 Å². The highest BCUT2D eigenvalue weighted by atomic mass is 16.5. The molecule has 3 heterocycles. The molecule has 0 spiro atoms. The van der Waals surface area contributed by atoms with Gasteiger partial charge in [-0.1, -0.05) is 32.8 Å². The summed E-state index contributed by atoms with van der Waals surface area (Å²) >= 11 is 0. The van der Waals surface area contributed by atoms with Crippen LogP contribution in [0, 0.1) is 0 Å². The summed E-state index contributed by atoms with van der Waals surface area (Å²) in [7, 11) is 0. The molecule has 3 aromatic rings. The summed E-state index contributed by atoms with van der Waals surface area (Å²) in [5.41, 5.74) is 2.97. The zero-order valence-electron chi connectivity index (χ0n) is 20.4.